The zero-order valence-electron chi connectivity index (χ0n) is 10.7. The summed E-state index contributed by atoms with van der Waals surface area (Å²) in [5.74, 6) is 0. The van der Waals surface area contributed by atoms with E-state index in [1.165, 1.54) is 25.7 Å². The van der Waals surface area contributed by atoms with Crippen LogP contribution in [0.5, 0.6) is 0 Å². The van der Waals surface area contributed by atoms with Crippen LogP contribution in [0.3, 0.4) is 0 Å². The van der Waals surface area contributed by atoms with Gasteiger partial charge in [0.2, 0.25) is 0 Å². The monoisotopic (exact) mass is 369 g/mol. The third kappa shape index (κ3) is 211. The van der Waals surface area contributed by atoms with Crippen molar-refractivity contribution in [2.75, 3.05) is 0 Å². The predicted molar refractivity (Wildman–Crippen MR) is 53.3 cm³/mol. The van der Waals surface area contributed by atoms with Crippen LogP contribution < -0.4 is 51.4 Å². The topological polar surface area (TPSA) is 0 Å². The molecule has 0 N–H and O–H groups in total. The van der Waals surface area contributed by atoms with Gasteiger partial charge in [0.05, 0.1) is 0 Å². The Kier molecular flexibility index (Phi) is 20.8. The van der Waals surface area contributed by atoms with Crippen molar-refractivity contribution in [3.05, 3.63) is 6.42 Å². The maximum Gasteiger partial charge on any atom is 1.00 e. The molecule has 1 aliphatic carbocycles. The van der Waals surface area contributed by atoms with Crippen LogP contribution in [0, 0.1) is 6.42 Å². The molecule has 1 saturated carbocycles. The number of rotatable bonds is 0. The summed E-state index contributed by atoms with van der Waals surface area (Å²) in [4.78, 5) is 0. The minimum Gasteiger partial charge on any atom is -0.418 e. The molecule has 0 bridgehead atoms. The molecule has 21 heavy (non-hydrogen) atoms. The zero-order valence-corrected chi connectivity index (χ0v) is 13.8. The van der Waals surface area contributed by atoms with Gasteiger partial charge < -0.3 is 58.2 Å². The third-order valence-corrected chi connectivity index (χ3v) is 1.07. The number of hydrogen-bond donors (Lipinski definition) is 0. The van der Waals surface area contributed by atoms with Gasteiger partial charge in [-0.3, -0.25) is 0 Å². The molecule has 0 aromatic carbocycles. The third-order valence-electron chi connectivity index (χ3n) is 1.07. The fourth-order valence-electron chi connectivity index (χ4n) is 0.722. The standard InChI is InChI=1S/C5H9.3BF4.K/c1-2-4-5-3-1;3*2-1(3,4)5;/h1H,2-5H2;;;;/q4*-1;+1. The Balaban J connectivity index is -0.0000000903. The first-order chi connectivity index (χ1) is 8.50. The van der Waals surface area contributed by atoms with E-state index in [0.717, 1.165) is 0 Å². The van der Waals surface area contributed by atoms with Crippen LogP contribution >= 0.6 is 0 Å². The van der Waals surface area contributed by atoms with E-state index in [9.17, 15) is 51.8 Å². The average Bonchev–Trinajstić information content (AvgIpc) is 2.45. The number of hydrogen-bond acceptors (Lipinski definition) is 0. The Morgan fingerprint density at radius 2 is 0.619 bits per heavy atom. The van der Waals surface area contributed by atoms with Gasteiger partial charge in [0.15, 0.2) is 0 Å². The van der Waals surface area contributed by atoms with Gasteiger partial charge in [-0.2, -0.15) is 12.8 Å². The van der Waals surface area contributed by atoms with E-state index in [-0.39, 0.29) is 51.4 Å². The molecule has 16 heteroatoms. The Labute approximate surface area is 156 Å². The first kappa shape index (κ1) is 29.9. The molecule has 0 saturated heterocycles. The van der Waals surface area contributed by atoms with E-state index in [1.54, 1.807) is 0 Å². The first-order valence-corrected chi connectivity index (χ1v) is 4.94. The fourth-order valence-corrected chi connectivity index (χ4v) is 0.722. The summed E-state index contributed by atoms with van der Waals surface area (Å²) in [6.07, 6.45) is 8.00. The smallest absolute Gasteiger partial charge is 0.418 e. The molecule has 0 heterocycles. The Bertz CT molecular complexity index is 154. The summed E-state index contributed by atoms with van der Waals surface area (Å²) < 4.78 is 117. The van der Waals surface area contributed by atoms with Crippen LogP contribution in [0.2, 0.25) is 0 Å². The van der Waals surface area contributed by atoms with Crippen LogP contribution in [0.1, 0.15) is 25.7 Å². The van der Waals surface area contributed by atoms with Crippen LogP contribution in [0.25, 0.3) is 0 Å². The van der Waals surface area contributed by atoms with Crippen molar-refractivity contribution < 1.29 is 103 Å². The van der Waals surface area contributed by atoms with Crippen LogP contribution in [-0.4, -0.2) is 21.8 Å². The molecule has 0 unspecified atom stereocenters. The van der Waals surface area contributed by atoms with E-state index >= 15 is 0 Å². The molecule has 1 aliphatic rings. The van der Waals surface area contributed by atoms with E-state index in [4.69, 9.17) is 0 Å². The van der Waals surface area contributed by atoms with Crippen LogP contribution in [0.4, 0.5) is 51.8 Å². The average molecular weight is 369 g/mol. The molecule has 0 aromatic rings. The fraction of sp³-hybridized carbons (Fsp3) is 0.800. The molecular weight excluding hydrogens is 360 g/mol. The molecule has 0 aliphatic heterocycles. The summed E-state index contributed by atoms with van der Waals surface area (Å²) in [5.41, 5.74) is 0. The molecule has 0 nitrogen and oxygen atoms in total. The van der Waals surface area contributed by atoms with Crippen LogP contribution in [0.15, 0.2) is 0 Å². The van der Waals surface area contributed by atoms with Crippen molar-refractivity contribution in [1.29, 1.82) is 0 Å². The molecular formula is C5H9B3F12K-3. The van der Waals surface area contributed by atoms with Gasteiger partial charge in [-0.05, 0) is 0 Å². The molecule has 0 atom stereocenters. The first-order valence-electron chi connectivity index (χ1n) is 4.94. The summed E-state index contributed by atoms with van der Waals surface area (Å²) in [6, 6.07) is 0. The maximum atomic E-state index is 9.75. The normalized spacial score (nSPS) is 14.3. The van der Waals surface area contributed by atoms with Crippen molar-refractivity contribution in [2.24, 2.45) is 0 Å². The van der Waals surface area contributed by atoms with E-state index in [2.05, 4.69) is 6.42 Å². The molecule has 126 valence electrons. The molecule has 1 rings (SSSR count). The van der Waals surface area contributed by atoms with Crippen molar-refractivity contribution in [2.45, 2.75) is 25.7 Å². The van der Waals surface area contributed by atoms with Gasteiger partial charge in [0.25, 0.3) is 0 Å². The zero-order chi connectivity index (χ0) is 17.0. The van der Waals surface area contributed by atoms with E-state index in [0.29, 0.717) is 0 Å². The second-order valence-electron chi connectivity index (χ2n) is 3.06. The van der Waals surface area contributed by atoms with Gasteiger partial charge in [-0.15, -0.1) is 0 Å². The molecule has 0 amide bonds. The second-order valence-corrected chi connectivity index (χ2v) is 3.06. The van der Waals surface area contributed by atoms with Crippen molar-refractivity contribution >= 4 is 21.8 Å². The summed E-state index contributed by atoms with van der Waals surface area (Å²) in [5, 5.41) is 0. The summed E-state index contributed by atoms with van der Waals surface area (Å²) >= 11 is 0. The summed E-state index contributed by atoms with van der Waals surface area (Å²) in [6.45, 7) is 0. The quantitative estimate of drug-likeness (QED) is 0.350. The van der Waals surface area contributed by atoms with Gasteiger partial charge >= 0.3 is 73.1 Å². The van der Waals surface area contributed by atoms with Gasteiger partial charge in [-0.25, -0.2) is 0 Å². The summed E-state index contributed by atoms with van der Waals surface area (Å²) in [7, 11) is -18.0. The second kappa shape index (κ2) is 14.6. The SMILES string of the molecule is F[B-](F)(F)F.F[B-](F)(F)F.F[B-](F)(F)F.[CH-]1CCCC1.[K+]. The Morgan fingerprint density at radius 3 is 0.667 bits per heavy atom. The van der Waals surface area contributed by atoms with Crippen molar-refractivity contribution in [1.82, 2.24) is 0 Å². The van der Waals surface area contributed by atoms with Crippen molar-refractivity contribution in [3.63, 3.8) is 0 Å². The molecule has 0 spiro atoms. The van der Waals surface area contributed by atoms with E-state index < -0.39 is 21.8 Å². The largest absolute Gasteiger partial charge is 1.00 e. The van der Waals surface area contributed by atoms with Gasteiger partial charge in [0, 0.05) is 0 Å². The maximum absolute atomic E-state index is 9.75. The molecule has 0 aromatic heterocycles. The minimum atomic E-state index is -6.00. The molecule has 0 radical (unpaired) electrons. The van der Waals surface area contributed by atoms with Gasteiger partial charge in [0.1, 0.15) is 0 Å². The molecule has 1 fully saturated rings. The van der Waals surface area contributed by atoms with Gasteiger partial charge in [-0.1, -0.05) is 12.8 Å². The minimum absolute atomic E-state index is 0. The van der Waals surface area contributed by atoms with Crippen molar-refractivity contribution in [3.8, 4) is 0 Å². The predicted octanol–water partition coefficient (Wildman–Crippen LogP) is 2.67. The number of halogens is 12. The van der Waals surface area contributed by atoms with E-state index in [1.807, 2.05) is 0 Å². The Hall–Kier alpha value is 0.991. The Morgan fingerprint density at radius 1 is 0.476 bits per heavy atom. The van der Waals surface area contributed by atoms with Crippen LogP contribution in [-0.2, 0) is 0 Å².